The van der Waals surface area contributed by atoms with E-state index in [0.717, 1.165) is 31.3 Å². The van der Waals surface area contributed by atoms with Gasteiger partial charge in [-0.05, 0) is 45.2 Å². The zero-order valence-corrected chi connectivity index (χ0v) is 9.00. The van der Waals surface area contributed by atoms with E-state index in [2.05, 4.69) is 18.9 Å². The molecule has 2 atom stereocenters. The summed E-state index contributed by atoms with van der Waals surface area (Å²) >= 11 is 0. The standard InChI is InChI=1S/C11H23NO/c1-3-6-10-9-11(10)12(2)7-4-5-8-13/h10-11,13H,3-9H2,1-2H3. The van der Waals surface area contributed by atoms with Gasteiger partial charge in [-0.1, -0.05) is 13.3 Å². The van der Waals surface area contributed by atoms with Crippen LogP contribution in [0, 0.1) is 5.92 Å². The van der Waals surface area contributed by atoms with Gasteiger partial charge in [0, 0.05) is 12.6 Å². The molecule has 0 saturated heterocycles. The fourth-order valence-corrected chi connectivity index (χ4v) is 2.09. The summed E-state index contributed by atoms with van der Waals surface area (Å²) in [5.41, 5.74) is 0. The average Bonchev–Trinajstić information content (AvgIpc) is 2.85. The van der Waals surface area contributed by atoms with Crippen molar-refractivity contribution in [1.82, 2.24) is 4.90 Å². The van der Waals surface area contributed by atoms with E-state index in [4.69, 9.17) is 5.11 Å². The van der Waals surface area contributed by atoms with E-state index >= 15 is 0 Å². The normalized spacial score (nSPS) is 26.8. The van der Waals surface area contributed by atoms with Crippen molar-refractivity contribution in [3.63, 3.8) is 0 Å². The average molecular weight is 185 g/mol. The summed E-state index contributed by atoms with van der Waals surface area (Å²) in [5, 5.41) is 8.65. The fourth-order valence-electron chi connectivity index (χ4n) is 2.09. The summed E-state index contributed by atoms with van der Waals surface area (Å²) in [6, 6.07) is 0.860. The number of rotatable bonds is 7. The van der Waals surface area contributed by atoms with Crippen molar-refractivity contribution >= 4 is 0 Å². The van der Waals surface area contributed by atoms with Crippen molar-refractivity contribution in [3.05, 3.63) is 0 Å². The van der Waals surface area contributed by atoms with Crippen molar-refractivity contribution in [3.8, 4) is 0 Å². The Morgan fingerprint density at radius 3 is 2.77 bits per heavy atom. The maximum absolute atomic E-state index is 8.65. The fraction of sp³-hybridized carbons (Fsp3) is 1.00. The largest absolute Gasteiger partial charge is 0.396 e. The van der Waals surface area contributed by atoms with Gasteiger partial charge in [0.1, 0.15) is 0 Å². The number of hydrogen-bond acceptors (Lipinski definition) is 2. The zero-order valence-electron chi connectivity index (χ0n) is 9.00. The second kappa shape index (κ2) is 5.61. The van der Waals surface area contributed by atoms with Crippen LogP contribution in [0.1, 0.15) is 39.0 Å². The highest BCUT2D eigenvalue weighted by Crippen LogP contribution is 2.38. The molecule has 0 heterocycles. The molecule has 2 heteroatoms. The summed E-state index contributed by atoms with van der Waals surface area (Å²) in [4.78, 5) is 2.47. The second-order valence-electron chi connectivity index (χ2n) is 4.26. The molecule has 2 unspecified atom stereocenters. The number of unbranched alkanes of at least 4 members (excludes halogenated alkanes) is 1. The molecule has 78 valence electrons. The van der Waals surface area contributed by atoms with Crippen LogP contribution in [0.2, 0.25) is 0 Å². The third-order valence-corrected chi connectivity index (χ3v) is 3.03. The summed E-state index contributed by atoms with van der Waals surface area (Å²) in [7, 11) is 2.22. The van der Waals surface area contributed by atoms with E-state index in [1.807, 2.05) is 0 Å². The molecule has 0 spiro atoms. The van der Waals surface area contributed by atoms with Gasteiger partial charge in [-0.15, -0.1) is 0 Å². The molecule has 0 amide bonds. The van der Waals surface area contributed by atoms with E-state index in [0.29, 0.717) is 6.61 Å². The first-order valence-electron chi connectivity index (χ1n) is 5.60. The highest BCUT2D eigenvalue weighted by atomic mass is 16.2. The van der Waals surface area contributed by atoms with Crippen molar-refractivity contribution in [2.24, 2.45) is 5.92 Å². The number of nitrogens with zero attached hydrogens (tertiary/aromatic N) is 1. The van der Waals surface area contributed by atoms with Crippen LogP contribution < -0.4 is 0 Å². The predicted molar refractivity (Wildman–Crippen MR) is 55.8 cm³/mol. The van der Waals surface area contributed by atoms with Crippen molar-refractivity contribution < 1.29 is 5.11 Å². The van der Waals surface area contributed by atoms with Gasteiger partial charge in [0.25, 0.3) is 0 Å². The van der Waals surface area contributed by atoms with Gasteiger partial charge in [0.2, 0.25) is 0 Å². The van der Waals surface area contributed by atoms with Gasteiger partial charge >= 0.3 is 0 Å². The smallest absolute Gasteiger partial charge is 0.0431 e. The molecule has 1 aliphatic carbocycles. The van der Waals surface area contributed by atoms with E-state index in [-0.39, 0.29) is 0 Å². The molecule has 0 aliphatic heterocycles. The van der Waals surface area contributed by atoms with Crippen molar-refractivity contribution in [2.45, 2.75) is 45.1 Å². The molecule has 1 rings (SSSR count). The Morgan fingerprint density at radius 1 is 1.38 bits per heavy atom. The van der Waals surface area contributed by atoms with Crippen LogP contribution in [0.5, 0.6) is 0 Å². The Hall–Kier alpha value is -0.0800. The summed E-state index contributed by atoms with van der Waals surface area (Å²) in [6.07, 6.45) is 6.22. The van der Waals surface area contributed by atoms with E-state index in [9.17, 15) is 0 Å². The first-order chi connectivity index (χ1) is 6.29. The Labute approximate surface area is 81.9 Å². The maximum Gasteiger partial charge on any atom is 0.0431 e. The number of aliphatic hydroxyl groups is 1. The van der Waals surface area contributed by atoms with Gasteiger partial charge in [-0.25, -0.2) is 0 Å². The summed E-state index contributed by atoms with van der Waals surface area (Å²) in [6.45, 7) is 3.77. The highest BCUT2D eigenvalue weighted by Gasteiger charge is 2.38. The molecule has 1 N–H and O–H groups in total. The van der Waals surface area contributed by atoms with E-state index < -0.39 is 0 Å². The molecule has 0 bridgehead atoms. The third-order valence-electron chi connectivity index (χ3n) is 3.03. The summed E-state index contributed by atoms with van der Waals surface area (Å²) < 4.78 is 0. The molecule has 1 aliphatic rings. The highest BCUT2D eigenvalue weighted by molar-refractivity contribution is 4.93. The van der Waals surface area contributed by atoms with E-state index in [1.54, 1.807) is 0 Å². The molecule has 2 nitrogen and oxygen atoms in total. The Morgan fingerprint density at radius 2 is 2.15 bits per heavy atom. The minimum absolute atomic E-state index is 0.344. The molecular formula is C11H23NO. The quantitative estimate of drug-likeness (QED) is 0.612. The predicted octanol–water partition coefficient (Wildman–Crippen LogP) is 1.88. The molecule has 1 fully saturated rings. The van der Waals surface area contributed by atoms with Crippen molar-refractivity contribution in [1.29, 1.82) is 0 Å². The molecule has 1 saturated carbocycles. The SMILES string of the molecule is CCCC1CC1N(C)CCCCO. The third kappa shape index (κ3) is 3.65. The zero-order chi connectivity index (χ0) is 9.68. The summed E-state index contributed by atoms with van der Waals surface area (Å²) in [5.74, 6) is 0.976. The Balaban J connectivity index is 2.02. The van der Waals surface area contributed by atoms with Gasteiger partial charge in [-0.2, -0.15) is 0 Å². The van der Waals surface area contributed by atoms with Crippen LogP contribution in [-0.2, 0) is 0 Å². The second-order valence-corrected chi connectivity index (χ2v) is 4.26. The Kier molecular flexibility index (Phi) is 4.74. The van der Waals surface area contributed by atoms with Crippen LogP contribution in [0.25, 0.3) is 0 Å². The topological polar surface area (TPSA) is 23.5 Å². The lowest BCUT2D eigenvalue weighted by Crippen LogP contribution is -2.23. The monoisotopic (exact) mass is 185 g/mol. The molecule has 0 aromatic rings. The van der Waals surface area contributed by atoms with Gasteiger partial charge in [0.15, 0.2) is 0 Å². The molecule has 13 heavy (non-hydrogen) atoms. The van der Waals surface area contributed by atoms with Crippen LogP contribution in [0.15, 0.2) is 0 Å². The maximum atomic E-state index is 8.65. The van der Waals surface area contributed by atoms with Crippen LogP contribution in [0.3, 0.4) is 0 Å². The van der Waals surface area contributed by atoms with Crippen LogP contribution in [-0.4, -0.2) is 36.2 Å². The molecular weight excluding hydrogens is 162 g/mol. The Bertz CT molecular complexity index is 138. The number of aliphatic hydroxyl groups excluding tert-OH is 1. The lowest BCUT2D eigenvalue weighted by molar-refractivity contribution is 0.255. The minimum Gasteiger partial charge on any atom is -0.396 e. The first kappa shape index (κ1) is 11.0. The molecule has 0 radical (unpaired) electrons. The molecule has 0 aromatic heterocycles. The lowest BCUT2D eigenvalue weighted by atomic mass is 10.2. The van der Waals surface area contributed by atoms with Gasteiger partial charge in [0.05, 0.1) is 0 Å². The molecule has 0 aromatic carbocycles. The van der Waals surface area contributed by atoms with Crippen LogP contribution in [0.4, 0.5) is 0 Å². The lowest BCUT2D eigenvalue weighted by Gasteiger charge is -2.16. The van der Waals surface area contributed by atoms with Gasteiger partial charge in [-0.3, -0.25) is 0 Å². The first-order valence-corrected chi connectivity index (χ1v) is 5.60. The van der Waals surface area contributed by atoms with Crippen molar-refractivity contribution in [2.75, 3.05) is 20.2 Å². The van der Waals surface area contributed by atoms with E-state index in [1.165, 1.54) is 19.3 Å². The van der Waals surface area contributed by atoms with Gasteiger partial charge < -0.3 is 10.0 Å². The minimum atomic E-state index is 0.344. The number of hydrogen-bond donors (Lipinski definition) is 1. The van der Waals surface area contributed by atoms with Crippen LogP contribution >= 0.6 is 0 Å².